The molecule has 0 fully saturated rings. The second-order valence-corrected chi connectivity index (χ2v) is 6.79. The molecule has 0 unspecified atom stereocenters. The lowest BCUT2D eigenvalue weighted by molar-refractivity contribution is 0.189. The van der Waals surface area contributed by atoms with E-state index in [0.29, 0.717) is 6.61 Å². The van der Waals surface area contributed by atoms with Crippen LogP contribution >= 0.6 is 0 Å². The molecule has 0 amide bonds. The second-order valence-electron chi connectivity index (χ2n) is 6.79. The Morgan fingerprint density at radius 1 is 0.542 bits per heavy atom. The molecule has 0 aliphatic carbocycles. The molecule has 0 aromatic heterocycles. The molecule has 0 aromatic carbocycles. The molecule has 0 spiro atoms. The molecule has 0 rings (SSSR count). The predicted octanol–water partition coefficient (Wildman–Crippen LogP) is 4.25. The fourth-order valence-electron chi connectivity index (χ4n) is 3.01. The summed E-state index contributed by atoms with van der Waals surface area (Å²) in [6.45, 7) is 5.84. The molecule has 0 aliphatic rings. The molecular formula is C20H43NO3. The number of aliphatic hydroxyl groups excluding tert-OH is 1. The van der Waals surface area contributed by atoms with Crippen molar-refractivity contribution in [1.82, 2.24) is 4.90 Å². The Hall–Kier alpha value is -0.160. The Kier molecular flexibility index (Phi) is 20.7. The van der Waals surface area contributed by atoms with Crippen LogP contribution < -0.4 is 0 Å². The molecule has 146 valence electrons. The van der Waals surface area contributed by atoms with Gasteiger partial charge in [0.05, 0.1) is 0 Å². The summed E-state index contributed by atoms with van der Waals surface area (Å²) in [5, 5.41) is 8.86. The van der Waals surface area contributed by atoms with E-state index in [9.17, 15) is 0 Å². The van der Waals surface area contributed by atoms with Gasteiger partial charge in [0.15, 0.2) is 0 Å². The van der Waals surface area contributed by atoms with E-state index in [4.69, 9.17) is 14.6 Å². The molecule has 0 radical (unpaired) electrons. The third-order valence-electron chi connectivity index (χ3n) is 4.53. The van der Waals surface area contributed by atoms with E-state index in [1.807, 2.05) is 0 Å². The van der Waals surface area contributed by atoms with Crippen molar-refractivity contribution in [2.75, 3.05) is 53.7 Å². The minimum Gasteiger partial charge on any atom is -0.396 e. The Balaban J connectivity index is 3.74. The van der Waals surface area contributed by atoms with E-state index in [1.54, 1.807) is 14.2 Å². The minimum atomic E-state index is 0.340. The van der Waals surface area contributed by atoms with Gasteiger partial charge in [-0.05, 0) is 58.2 Å². The number of ether oxygens (including phenoxy) is 2. The van der Waals surface area contributed by atoms with Crippen molar-refractivity contribution >= 4 is 0 Å². The molecule has 0 bridgehead atoms. The van der Waals surface area contributed by atoms with Crippen molar-refractivity contribution in [2.45, 2.75) is 77.0 Å². The van der Waals surface area contributed by atoms with Crippen molar-refractivity contribution in [3.05, 3.63) is 0 Å². The first kappa shape index (κ1) is 23.8. The highest BCUT2D eigenvalue weighted by atomic mass is 16.5. The van der Waals surface area contributed by atoms with Crippen molar-refractivity contribution in [1.29, 1.82) is 0 Å². The summed E-state index contributed by atoms with van der Waals surface area (Å²) >= 11 is 0. The summed E-state index contributed by atoms with van der Waals surface area (Å²) in [5.41, 5.74) is 0. The first-order valence-electron chi connectivity index (χ1n) is 10.2. The average Bonchev–Trinajstić information content (AvgIpc) is 2.60. The third kappa shape index (κ3) is 18.2. The molecule has 0 heterocycles. The van der Waals surface area contributed by atoms with Crippen LogP contribution in [0.15, 0.2) is 0 Å². The van der Waals surface area contributed by atoms with Gasteiger partial charge in [-0.3, -0.25) is 0 Å². The van der Waals surface area contributed by atoms with E-state index in [0.717, 1.165) is 19.6 Å². The Morgan fingerprint density at radius 2 is 0.917 bits per heavy atom. The quantitative estimate of drug-likeness (QED) is 0.335. The maximum atomic E-state index is 8.86. The van der Waals surface area contributed by atoms with Gasteiger partial charge in [-0.2, -0.15) is 0 Å². The number of hydrogen-bond acceptors (Lipinski definition) is 4. The fraction of sp³-hybridized carbons (Fsp3) is 1.00. The molecule has 24 heavy (non-hydrogen) atoms. The number of methoxy groups -OCH3 is 2. The van der Waals surface area contributed by atoms with Crippen LogP contribution in [-0.2, 0) is 9.47 Å². The van der Waals surface area contributed by atoms with Gasteiger partial charge in [-0.25, -0.2) is 0 Å². The minimum absolute atomic E-state index is 0.340. The number of aliphatic hydroxyl groups is 1. The van der Waals surface area contributed by atoms with Crippen LogP contribution in [0.5, 0.6) is 0 Å². The smallest absolute Gasteiger partial charge is 0.0462 e. The van der Waals surface area contributed by atoms with Crippen molar-refractivity contribution in [3.8, 4) is 0 Å². The predicted molar refractivity (Wildman–Crippen MR) is 103 cm³/mol. The van der Waals surface area contributed by atoms with E-state index >= 15 is 0 Å². The van der Waals surface area contributed by atoms with E-state index < -0.39 is 0 Å². The molecule has 4 heteroatoms. The fourth-order valence-corrected chi connectivity index (χ4v) is 3.01. The SMILES string of the molecule is COCCCCCCN(CCCCCCO)CCCCCCOC. The first-order chi connectivity index (χ1) is 11.8. The van der Waals surface area contributed by atoms with Crippen LogP contribution in [-0.4, -0.2) is 63.7 Å². The Labute approximate surface area is 150 Å². The zero-order valence-corrected chi connectivity index (χ0v) is 16.4. The van der Waals surface area contributed by atoms with Gasteiger partial charge >= 0.3 is 0 Å². The van der Waals surface area contributed by atoms with E-state index in [-0.39, 0.29) is 0 Å². The zero-order chi connectivity index (χ0) is 17.7. The highest BCUT2D eigenvalue weighted by molar-refractivity contribution is 4.60. The van der Waals surface area contributed by atoms with Gasteiger partial charge in [-0.15, -0.1) is 0 Å². The largest absolute Gasteiger partial charge is 0.396 e. The van der Waals surface area contributed by atoms with Crippen LogP contribution in [0.25, 0.3) is 0 Å². The zero-order valence-electron chi connectivity index (χ0n) is 16.4. The summed E-state index contributed by atoms with van der Waals surface area (Å²) < 4.78 is 10.2. The normalized spacial score (nSPS) is 11.5. The topological polar surface area (TPSA) is 41.9 Å². The van der Waals surface area contributed by atoms with Gasteiger partial charge < -0.3 is 19.5 Å². The molecule has 0 aliphatic heterocycles. The molecule has 4 nitrogen and oxygen atoms in total. The summed E-state index contributed by atoms with van der Waals surface area (Å²) in [5.74, 6) is 0. The van der Waals surface area contributed by atoms with Crippen LogP contribution in [0.3, 0.4) is 0 Å². The highest BCUT2D eigenvalue weighted by Gasteiger charge is 2.05. The standard InChI is InChI=1S/C20H43NO3/c1-23-19-13-7-4-10-16-21(15-9-3-6-12-18-22)17-11-5-8-14-20-24-2/h22H,3-20H2,1-2H3. The Morgan fingerprint density at radius 3 is 1.29 bits per heavy atom. The van der Waals surface area contributed by atoms with Crippen LogP contribution in [0.1, 0.15) is 77.0 Å². The second kappa shape index (κ2) is 20.9. The van der Waals surface area contributed by atoms with Crippen molar-refractivity contribution < 1.29 is 14.6 Å². The monoisotopic (exact) mass is 345 g/mol. The summed E-state index contributed by atoms with van der Waals surface area (Å²) in [6.07, 6.45) is 14.9. The van der Waals surface area contributed by atoms with Gasteiger partial charge in [0, 0.05) is 34.0 Å². The molecule has 1 N–H and O–H groups in total. The van der Waals surface area contributed by atoms with Crippen LogP contribution in [0.4, 0.5) is 0 Å². The van der Waals surface area contributed by atoms with E-state index in [1.165, 1.54) is 90.3 Å². The third-order valence-corrected chi connectivity index (χ3v) is 4.53. The van der Waals surface area contributed by atoms with Gasteiger partial charge in [0.25, 0.3) is 0 Å². The molecule has 0 saturated heterocycles. The lowest BCUT2D eigenvalue weighted by atomic mass is 10.1. The van der Waals surface area contributed by atoms with Gasteiger partial charge in [-0.1, -0.05) is 38.5 Å². The number of unbranched alkanes of at least 4 members (excludes halogenated alkanes) is 9. The lowest BCUT2D eigenvalue weighted by Gasteiger charge is -2.22. The first-order valence-corrected chi connectivity index (χ1v) is 10.2. The molecule has 0 saturated carbocycles. The van der Waals surface area contributed by atoms with Crippen molar-refractivity contribution in [2.24, 2.45) is 0 Å². The summed E-state index contributed by atoms with van der Waals surface area (Å²) in [7, 11) is 3.57. The maximum absolute atomic E-state index is 8.86. The summed E-state index contributed by atoms with van der Waals surface area (Å²) in [6, 6.07) is 0. The van der Waals surface area contributed by atoms with Gasteiger partial charge in [0.2, 0.25) is 0 Å². The number of hydrogen-bond donors (Lipinski definition) is 1. The van der Waals surface area contributed by atoms with Gasteiger partial charge in [0.1, 0.15) is 0 Å². The molecular weight excluding hydrogens is 302 g/mol. The Bertz CT molecular complexity index is 211. The number of rotatable bonds is 20. The van der Waals surface area contributed by atoms with E-state index in [2.05, 4.69) is 4.90 Å². The average molecular weight is 346 g/mol. The summed E-state index contributed by atoms with van der Waals surface area (Å²) in [4.78, 5) is 2.66. The number of nitrogens with zero attached hydrogens (tertiary/aromatic N) is 1. The highest BCUT2D eigenvalue weighted by Crippen LogP contribution is 2.08. The van der Waals surface area contributed by atoms with Crippen LogP contribution in [0.2, 0.25) is 0 Å². The molecule has 0 aromatic rings. The lowest BCUT2D eigenvalue weighted by Crippen LogP contribution is -2.27. The molecule has 0 atom stereocenters. The van der Waals surface area contributed by atoms with Crippen LogP contribution in [0, 0.1) is 0 Å². The van der Waals surface area contributed by atoms with Crippen molar-refractivity contribution in [3.63, 3.8) is 0 Å². The maximum Gasteiger partial charge on any atom is 0.0462 e.